The molecule has 0 amide bonds. The van der Waals surface area contributed by atoms with E-state index in [1.54, 1.807) is 0 Å². The monoisotopic (exact) mass is 283 g/mol. The van der Waals surface area contributed by atoms with Crippen LogP contribution in [0.25, 0.3) is 11.0 Å². The molecule has 1 heterocycles. The number of nitrogens with zero attached hydrogens (tertiary/aromatic N) is 2. The highest BCUT2D eigenvalue weighted by molar-refractivity contribution is 5.75. The number of aromatic nitrogens is 2. The highest BCUT2D eigenvalue weighted by Gasteiger charge is 2.53. The van der Waals surface area contributed by atoms with Gasteiger partial charge in [0, 0.05) is 19.5 Å². The predicted molar refractivity (Wildman–Crippen MR) is 86.2 cm³/mol. The lowest BCUT2D eigenvalue weighted by Crippen LogP contribution is -2.32. The fraction of sp³-hybridized carbons (Fsp3) is 0.611. The van der Waals surface area contributed by atoms with Crippen molar-refractivity contribution >= 4 is 11.0 Å². The van der Waals surface area contributed by atoms with Gasteiger partial charge >= 0.3 is 0 Å². The molecule has 21 heavy (non-hydrogen) atoms. The van der Waals surface area contributed by atoms with Crippen molar-refractivity contribution in [1.29, 1.82) is 0 Å². The van der Waals surface area contributed by atoms with Crippen LogP contribution in [0.3, 0.4) is 0 Å². The van der Waals surface area contributed by atoms with Crippen LogP contribution in [0.4, 0.5) is 0 Å². The third-order valence-corrected chi connectivity index (χ3v) is 5.84. The van der Waals surface area contributed by atoms with Gasteiger partial charge in [-0.05, 0) is 49.8 Å². The Kier molecular flexibility index (Phi) is 3.26. The van der Waals surface area contributed by atoms with E-state index in [9.17, 15) is 0 Å². The number of aryl methyl sites for hydroxylation is 1. The van der Waals surface area contributed by atoms with E-state index >= 15 is 0 Å². The number of hydrogen-bond donors (Lipinski definition) is 1. The number of para-hydroxylation sites is 2. The molecule has 112 valence electrons. The van der Waals surface area contributed by atoms with E-state index < -0.39 is 0 Å². The van der Waals surface area contributed by atoms with E-state index in [-0.39, 0.29) is 0 Å². The summed E-state index contributed by atoms with van der Waals surface area (Å²) in [5.41, 5.74) is 2.37. The van der Waals surface area contributed by atoms with Crippen LogP contribution < -0.4 is 5.32 Å². The first-order chi connectivity index (χ1) is 10.3. The van der Waals surface area contributed by atoms with Crippen LogP contribution >= 0.6 is 0 Å². The normalized spacial score (nSPS) is 29.3. The Bertz CT molecular complexity index is 633. The van der Waals surface area contributed by atoms with E-state index in [1.165, 1.54) is 37.0 Å². The number of benzene rings is 1. The molecule has 1 aromatic heterocycles. The quantitative estimate of drug-likeness (QED) is 0.934. The van der Waals surface area contributed by atoms with Crippen LogP contribution in [0.15, 0.2) is 24.3 Å². The molecule has 3 heteroatoms. The third kappa shape index (κ3) is 2.18. The van der Waals surface area contributed by atoms with E-state index in [0.717, 1.165) is 29.7 Å². The molecule has 0 aliphatic heterocycles. The first kappa shape index (κ1) is 13.3. The van der Waals surface area contributed by atoms with Crippen LogP contribution in [0.1, 0.15) is 31.5 Å². The van der Waals surface area contributed by atoms with Gasteiger partial charge in [0.1, 0.15) is 5.82 Å². The molecular formula is C18H25N3. The van der Waals surface area contributed by atoms with Crippen molar-refractivity contribution in [3.8, 4) is 0 Å². The van der Waals surface area contributed by atoms with Gasteiger partial charge in [0.15, 0.2) is 0 Å². The smallest absolute Gasteiger partial charge is 0.111 e. The second kappa shape index (κ2) is 5.13. The molecule has 0 radical (unpaired) electrons. The van der Waals surface area contributed by atoms with Gasteiger partial charge in [-0.2, -0.15) is 0 Å². The molecule has 2 aliphatic rings. The molecule has 2 aromatic rings. The summed E-state index contributed by atoms with van der Waals surface area (Å²) in [6, 6.07) is 9.04. The fourth-order valence-corrected chi connectivity index (χ4v) is 4.65. The van der Waals surface area contributed by atoms with Crippen molar-refractivity contribution in [2.75, 3.05) is 7.05 Å². The van der Waals surface area contributed by atoms with Crippen LogP contribution in [0.2, 0.25) is 0 Å². The van der Waals surface area contributed by atoms with Gasteiger partial charge in [0.2, 0.25) is 0 Å². The number of hydrogen-bond acceptors (Lipinski definition) is 2. The SMILES string of the molecule is CNC(Cc1nc2ccccc2n1C)C1C2CCCCC21. The summed E-state index contributed by atoms with van der Waals surface area (Å²) in [6.07, 6.45) is 6.85. The van der Waals surface area contributed by atoms with Crippen LogP contribution in [-0.2, 0) is 13.5 Å². The molecule has 4 rings (SSSR count). The van der Waals surface area contributed by atoms with Crippen molar-refractivity contribution in [3.63, 3.8) is 0 Å². The molecule has 1 aromatic carbocycles. The summed E-state index contributed by atoms with van der Waals surface area (Å²) in [4.78, 5) is 4.85. The molecule has 0 saturated heterocycles. The lowest BCUT2D eigenvalue weighted by Gasteiger charge is -2.16. The first-order valence-electron chi connectivity index (χ1n) is 8.37. The van der Waals surface area contributed by atoms with Crippen LogP contribution in [-0.4, -0.2) is 22.6 Å². The zero-order valence-corrected chi connectivity index (χ0v) is 13.0. The Morgan fingerprint density at radius 3 is 2.62 bits per heavy atom. The van der Waals surface area contributed by atoms with Gasteiger partial charge in [0.05, 0.1) is 11.0 Å². The number of fused-ring (bicyclic) bond motifs is 2. The summed E-state index contributed by atoms with van der Waals surface area (Å²) in [5.74, 6) is 4.09. The molecule has 3 nitrogen and oxygen atoms in total. The molecule has 1 N–H and O–H groups in total. The minimum absolute atomic E-state index is 0.591. The Morgan fingerprint density at radius 2 is 1.95 bits per heavy atom. The summed E-state index contributed by atoms with van der Waals surface area (Å²) in [6.45, 7) is 0. The van der Waals surface area contributed by atoms with Crippen molar-refractivity contribution in [2.45, 2.75) is 38.1 Å². The molecule has 3 atom stereocenters. The lowest BCUT2D eigenvalue weighted by molar-refractivity contribution is 0.448. The molecule has 3 unspecified atom stereocenters. The standard InChI is InChI=1S/C18H25N3/c1-19-15(18-12-7-3-4-8-13(12)18)11-17-20-14-9-5-6-10-16(14)21(17)2/h5-6,9-10,12-13,15,18-19H,3-4,7-8,11H2,1-2H3. The maximum Gasteiger partial charge on any atom is 0.111 e. The van der Waals surface area contributed by atoms with E-state index in [2.05, 4.69) is 48.2 Å². The van der Waals surface area contributed by atoms with Gasteiger partial charge < -0.3 is 9.88 Å². The molecule has 2 fully saturated rings. The number of rotatable bonds is 4. The van der Waals surface area contributed by atoms with Crippen molar-refractivity contribution in [3.05, 3.63) is 30.1 Å². The van der Waals surface area contributed by atoms with Crippen LogP contribution in [0, 0.1) is 17.8 Å². The number of imidazole rings is 1. The van der Waals surface area contributed by atoms with Gasteiger partial charge in [-0.25, -0.2) is 4.98 Å². The second-order valence-electron chi connectivity index (χ2n) is 6.86. The number of nitrogens with one attached hydrogen (secondary N) is 1. The van der Waals surface area contributed by atoms with Crippen molar-refractivity contribution < 1.29 is 0 Å². The Labute approximate surface area is 126 Å². The van der Waals surface area contributed by atoms with Gasteiger partial charge in [-0.1, -0.05) is 25.0 Å². The highest BCUT2D eigenvalue weighted by atomic mass is 15.1. The Morgan fingerprint density at radius 1 is 1.24 bits per heavy atom. The highest BCUT2D eigenvalue weighted by Crippen LogP contribution is 2.57. The minimum atomic E-state index is 0.591. The van der Waals surface area contributed by atoms with E-state index in [0.29, 0.717) is 6.04 Å². The maximum absolute atomic E-state index is 4.85. The zero-order valence-electron chi connectivity index (χ0n) is 13.0. The average Bonchev–Trinajstić information content (AvgIpc) is 3.17. The zero-order chi connectivity index (χ0) is 14.4. The summed E-state index contributed by atoms with van der Waals surface area (Å²) >= 11 is 0. The van der Waals surface area contributed by atoms with E-state index in [4.69, 9.17) is 4.98 Å². The molecule has 2 aliphatic carbocycles. The second-order valence-corrected chi connectivity index (χ2v) is 6.86. The van der Waals surface area contributed by atoms with Crippen molar-refractivity contribution in [1.82, 2.24) is 14.9 Å². The average molecular weight is 283 g/mol. The van der Waals surface area contributed by atoms with Crippen LogP contribution in [0.5, 0.6) is 0 Å². The molecule has 0 bridgehead atoms. The topological polar surface area (TPSA) is 29.9 Å². The summed E-state index contributed by atoms with van der Waals surface area (Å²) in [7, 11) is 4.27. The van der Waals surface area contributed by atoms with Gasteiger partial charge in [-0.15, -0.1) is 0 Å². The lowest BCUT2D eigenvalue weighted by atomic mass is 10.0. The summed E-state index contributed by atoms with van der Waals surface area (Å²) in [5, 5.41) is 3.59. The molecule has 0 spiro atoms. The van der Waals surface area contributed by atoms with Gasteiger partial charge in [-0.3, -0.25) is 0 Å². The Hall–Kier alpha value is -1.35. The maximum atomic E-state index is 4.85. The molecular weight excluding hydrogens is 258 g/mol. The number of likely N-dealkylation sites (N-methyl/N-ethyl adjacent to an activating group) is 1. The van der Waals surface area contributed by atoms with Crippen molar-refractivity contribution in [2.24, 2.45) is 24.8 Å². The fourth-order valence-electron chi connectivity index (χ4n) is 4.65. The summed E-state index contributed by atoms with van der Waals surface area (Å²) < 4.78 is 2.27. The van der Waals surface area contributed by atoms with Gasteiger partial charge in [0.25, 0.3) is 0 Å². The third-order valence-electron chi connectivity index (χ3n) is 5.84. The van der Waals surface area contributed by atoms with E-state index in [1.807, 2.05) is 0 Å². The molecule has 2 saturated carbocycles. The largest absolute Gasteiger partial charge is 0.331 e. The Balaban J connectivity index is 1.57. The minimum Gasteiger partial charge on any atom is -0.331 e. The first-order valence-corrected chi connectivity index (χ1v) is 8.37. The predicted octanol–water partition coefficient (Wildman–Crippen LogP) is 3.14.